The summed E-state index contributed by atoms with van der Waals surface area (Å²) in [6.07, 6.45) is 0. The van der Waals surface area contributed by atoms with Crippen LogP contribution in [0.4, 0.5) is 5.69 Å². The molecule has 2 aromatic rings. The van der Waals surface area contributed by atoms with Crippen LogP contribution < -0.4 is 4.47 Å². The Morgan fingerprint density at radius 3 is 2.32 bits per heavy atom. The van der Waals surface area contributed by atoms with Gasteiger partial charge in [0.05, 0.1) is 17.2 Å². The van der Waals surface area contributed by atoms with E-state index in [-0.39, 0.29) is 11.5 Å². The van der Waals surface area contributed by atoms with Crippen LogP contribution in [0, 0.1) is 6.07 Å². The minimum absolute atomic E-state index is 0.170. The van der Waals surface area contributed by atoms with Crippen molar-refractivity contribution < 1.29 is 13.3 Å². The quantitative estimate of drug-likeness (QED) is 0.789. The van der Waals surface area contributed by atoms with Gasteiger partial charge < -0.3 is 0 Å². The summed E-state index contributed by atoms with van der Waals surface area (Å²) in [6.45, 7) is 2.00. The van der Waals surface area contributed by atoms with Gasteiger partial charge in [0.2, 0.25) is 0 Å². The normalized spacial score (nSPS) is 11.2. The molecule has 0 aliphatic carbocycles. The van der Waals surface area contributed by atoms with Gasteiger partial charge in [-0.3, -0.25) is 4.84 Å². The minimum Gasteiger partial charge on any atom is -0.259 e. The molecule has 1 radical (unpaired) electrons. The van der Waals surface area contributed by atoms with Gasteiger partial charge in [0.15, 0.2) is 0 Å². The maximum absolute atomic E-state index is 12.5. The molecule has 0 amide bonds. The number of nitrogens with zero attached hydrogens (tertiary/aromatic N) is 1. The molecule has 0 atom stereocenters. The first-order chi connectivity index (χ1) is 9.16. The minimum atomic E-state index is -3.73. The fraction of sp³-hybridized carbons (Fsp3) is 0.143. The Hall–Kier alpha value is -1.85. The van der Waals surface area contributed by atoms with Crippen LogP contribution in [-0.4, -0.2) is 15.0 Å². The molecule has 19 heavy (non-hydrogen) atoms. The number of benzene rings is 2. The average Bonchev–Trinajstić information content (AvgIpc) is 2.46. The van der Waals surface area contributed by atoms with Gasteiger partial charge in [-0.25, -0.2) is 0 Å². The average molecular weight is 276 g/mol. The number of anilines is 1. The van der Waals surface area contributed by atoms with Crippen molar-refractivity contribution in [2.75, 3.05) is 11.1 Å². The molecule has 0 saturated heterocycles. The van der Waals surface area contributed by atoms with E-state index in [1.165, 1.54) is 12.1 Å². The third kappa shape index (κ3) is 2.94. The van der Waals surface area contributed by atoms with Crippen molar-refractivity contribution in [2.24, 2.45) is 0 Å². The Morgan fingerprint density at radius 1 is 1.11 bits per heavy atom. The van der Waals surface area contributed by atoms with Gasteiger partial charge in [-0.2, -0.15) is 8.42 Å². The smallest absolute Gasteiger partial charge is 0.259 e. The van der Waals surface area contributed by atoms with E-state index >= 15 is 0 Å². The lowest BCUT2D eigenvalue weighted by atomic mass is 10.3. The van der Waals surface area contributed by atoms with Crippen LogP contribution in [0.5, 0.6) is 0 Å². The maximum atomic E-state index is 12.5. The van der Waals surface area contributed by atoms with E-state index in [0.717, 1.165) is 4.47 Å². The lowest BCUT2D eigenvalue weighted by Crippen LogP contribution is -2.31. The fourth-order valence-corrected chi connectivity index (χ4v) is 2.90. The van der Waals surface area contributed by atoms with Gasteiger partial charge in [-0.15, -0.1) is 4.47 Å². The van der Waals surface area contributed by atoms with Crippen LogP contribution in [0.15, 0.2) is 59.5 Å². The number of rotatable bonds is 5. The lowest BCUT2D eigenvalue weighted by molar-refractivity contribution is 0.163. The van der Waals surface area contributed by atoms with Crippen molar-refractivity contribution in [2.45, 2.75) is 11.8 Å². The van der Waals surface area contributed by atoms with E-state index in [1.54, 1.807) is 43.3 Å². The maximum Gasteiger partial charge on any atom is 0.286 e. The molecule has 0 heterocycles. The molecule has 0 aliphatic heterocycles. The van der Waals surface area contributed by atoms with Gasteiger partial charge in [-0.1, -0.05) is 30.3 Å². The highest BCUT2D eigenvalue weighted by molar-refractivity contribution is 7.92. The van der Waals surface area contributed by atoms with E-state index in [4.69, 9.17) is 4.84 Å². The second kappa shape index (κ2) is 5.86. The molecule has 99 valence electrons. The first-order valence-electron chi connectivity index (χ1n) is 5.85. The topological polar surface area (TPSA) is 46.6 Å². The van der Waals surface area contributed by atoms with Crippen molar-refractivity contribution in [3.63, 3.8) is 0 Å². The molecular weight excluding hydrogens is 262 g/mol. The van der Waals surface area contributed by atoms with Crippen molar-refractivity contribution in [3.05, 3.63) is 60.7 Å². The zero-order valence-electron chi connectivity index (χ0n) is 10.5. The molecule has 2 rings (SSSR count). The third-order valence-corrected chi connectivity index (χ3v) is 4.04. The summed E-state index contributed by atoms with van der Waals surface area (Å²) in [6, 6.07) is 17.6. The lowest BCUT2D eigenvalue weighted by Gasteiger charge is -2.22. The van der Waals surface area contributed by atoms with Crippen molar-refractivity contribution in [1.29, 1.82) is 0 Å². The predicted octanol–water partition coefficient (Wildman–Crippen LogP) is 2.63. The molecule has 0 bridgehead atoms. The van der Waals surface area contributed by atoms with Gasteiger partial charge in [-0.05, 0) is 37.3 Å². The highest BCUT2D eigenvalue weighted by atomic mass is 32.2. The molecule has 5 heteroatoms. The molecule has 0 N–H and O–H groups in total. The first-order valence-corrected chi connectivity index (χ1v) is 7.29. The second-order valence-electron chi connectivity index (χ2n) is 3.72. The Morgan fingerprint density at radius 2 is 1.74 bits per heavy atom. The van der Waals surface area contributed by atoms with Crippen LogP contribution in [-0.2, 0) is 14.9 Å². The summed E-state index contributed by atoms with van der Waals surface area (Å²) < 4.78 is 26.0. The van der Waals surface area contributed by atoms with E-state index in [0.29, 0.717) is 5.69 Å². The molecule has 0 unspecified atom stereocenters. The van der Waals surface area contributed by atoms with Crippen LogP contribution in [0.1, 0.15) is 6.92 Å². The van der Waals surface area contributed by atoms with Gasteiger partial charge in [0.25, 0.3) is 10.0 Å². The second-order valence-corrected chi connectivity index (χ2v) is 5.47. The van der Waals surface area contributed by atoms with E-state index in [2.05, 4.69) is 6.07 Å². The monoisotopic (exact) mass is 276 g/mol. The van der Waals surface area contributed by atoms with Crippen LogP contribution in [0.25, 0.3) is 0 Å². The van der Waals surface area contributed by atoms with E-state index < -0.39 is 10.0 Å². The molecule has 0 spiro atoms. The summed E-state index contributed by atoms with van der Waals surface area (Å²) in [5, 5.41) is 0. The summed E-state index contributed by atoms with van der Waals surface area (Å²) in [7, 11) is -3.73. The Kier molecular flexibility index (Phi) is 4.19. The molecule has 4 nitrogen and oxygen atoms in total. The first kappa shape index (κ1) is 13.6. The van der Waals surface area contributed by atoms with Crippen molar-refractivity contribution in [1.82, 2.24) is 0 Å². The molecule has 0 fully saturated rings. The van der Waals surface area contributed by atoms with Crippen molar-refractivity contribution >= 4 is 15.7 Å². The summed E-state index contributed by atoms with van der Waals surface area (Å²) in [5.74, 6) is 0. The molecule has 0 aromatic heterocycles. The Labute approximate surface area is 113 Å². The van der Waals surface area contributed by atoms with Crippen LogP contribution in [0.2, 0.25) is 0 Å². The standard InChI is InChI=1S/C14H14NO3S/c1-2-18-15(13-9-5-3-6-10-13)19(16,17)14-11-7-4-8-12-14/h3,5-12H,2H2,1H3. The fourth-order valence-electron chi connectivity index (χ4n) is 1.59. The molecular formula is C14H14NO3S. The highest BCUT2D eigenvalue weighted by Gasteiger charge is 2.25. The summed E-state index contributed by atoms with van der Waals surface area (Å²) >= 11 is 0. The molecule has 2 aromatic carbocycles. The molecule has 0 saturated carbocycles. The number of hydrogen-bond acceptors (Lipinski definition) is 3. The molecule has 0 aliphatic rings. The summed E-state index contributed by atoms with van der Waals surface area (Å²) in [5.41, 5.74) is 0.470. The van der Waals surface area contributed by atoms with Crippen LogP contribution in [0.3, 0.4) is 0 Å². The summed E-state index contributed by atoms with van der Waals surface area (Å²) in [4.78, 5) is 5.45. The zero-order valence-corrected chi connectivity index (χ0v) is 11.3. The highest BCUT2D eigenvalue weighted by Crippen LogP contribution is 2.23. The van der Waals surface area contributed by atoms with Crippen LogP contribution >= 0.6 is 0 Å². The predicted molar refractivity (Wildman–Crippen MR) is 73.0 cm³/mol. The zero-order chi connectivity index (χ0) is 13.7. The van der Waals surface area contributed by atoms with E-state index in [9.17, 15) is 8.42 Å². The van der Waals surface area contributed by atoms with Gasteiger partial charge >= 0.3 is 0 Å². The van der Waals surface area contributed by atoms with Crippen molar-refractivity contribution in [3.8, 4) is 0 Å². The van der Waals surface area contributed by atoms with Gasteiger partial charge in [0, 0.05) is 0 Å². The third-order valence-electron chi connectivity index (χ3n) is 2.42. The number of para-hydroxylation sites is 1. The Bertz CT molecular complexity index is 612. The van der Waals surface area contributed by atoms with Gasteiger partial charge in [0.1, 0.15) is 0 Å². The number of hydrogen-bond donors (Lipinski definition) is 0. The van der Waals surface area contributed by atoms with E-state index in [1.807, 2.05) is 6.07 Å². The number of sulfonamides is 1. The SMILES string of the molecule is CCON(c1ccccc1)S(=O)(=O)c1cc[c]cc1. The largest absolute Gasteiger partial charge is 0.286 e. The Balaban J connectivity index is 2.45.